The molecule has 1 aliphatic heterocycles. The number of nitrogens with zero attached hydrogens (tertiary/aromatic N) is 1. The van der Waals surface area contributed by atoms with Crippen molar-refractivity contribution in [1.82, 2.24) is 4.90 Å². The maximum atomic E-state index is 12.0. The normalized spacial score (nSPS) is 25.4. The Balaban J connectivity index is 0.00000144. The van der Waals surface area contributed by atoms with Crippen molar-refractivity contribution in [3.63, 3.8) is 0 Å². The van der Waals surface area contributed by atoms with Gasteiger partial charge in [0, 0.05) is 24.1 Å². The second kappa shape index (κ2) is 6.40. The molecule has 1 nitrogen and oxygen atoms in total. The third-order valence-corrected chi connectivity index (χ3v) is 2.93. The molecule has 0 N–H and O–H groups in total. The number of rotatable bonds is 2. The summed E-state index contributed by atoms with van der Waals surface area (Å²) in [5.74, 6) is 0.827. The monoisotopic (exact) mass is 237 g/mol. The van der Waals surface area contributed by atoms with Gasteiger partial charge in [-0.25, -0.2) is 0 Å². The summed E-state index contributed by atoms with van der Waals surface area (Å²) >= 11 is 1.75. The molecule has 0 radical (unpaired) electrons. The molecule has 0 bridgehead atoms. The van der Waals surface area contributed by atoms with Crippen LogP contribution in [0.3, 0.4) is 0 Å². The van der Waals surface area contributed by atoms with Crippen LogP contribution in [0.25, 0.3) is 0 Å². The number of hydrogen-bond donors (Lipinski definition) is 0. The summed E-state index contributed by atoms with van der Waals surface area (Å²) in [6.07, 6.45) is -0.690. The van der Waals surface area contributed by atoms with Crippen molar-refractivity contribution in [3.05, 3.63) is 0 Å². The van der Waals surface area contributed by atoms with E-state index in [1.807, 2.05) is 6.92 Å². The van der Waals surface area contributed by atoms with Crippen LogP contribution in [-0.2, 0) is 0 Å². The fourth-order valence-corrected chi connectivity index (χ4v) is 2.43. The van der Waals surface area contributed by atoms with E-state index in [0.29, 0.717) is 18.3 Å². The van der Waals surface area contributed by atoms with Crippen LogP contribution >= 0.6 is 11.8 Å². The molecule has 0 aromatic heterocycles. The summed E-state index contributed by atoms with van der Waals surface area (Å²) in [6.45, 7) is -1.51. The molecule has 0 amide bonds. The Bertz CT molecular complexity index is 157. The molecule has 7 heteroatoms. The summed E-state index contributed by atoms with van der Waals surface area (Å²) in [6, 6.07) is 0. The molecule has 1 saturated heterocycles. The average Bonchev–Trinajstić information content (AvgIpc) is 1.82. The molecule has 1 heterocycles. The number of hydrogen-bond acceptors (Lipinski definition) is 2. The Morgan fingerprint density at radius 2 is 2.08 bits per heavy atom. The van der Waals surface area contributed by atoms with Gasteiger partial charge < -0.3 is 17.8 Å². The molecule has 1 rings (SSSR count). The van der Waals surface area contributed by atoms with Crippen molar-refractivity contribution in [1.29, 1.82) is 0 Å². The van der Waals surface area contributed by atoms with E-state index in [0.717, 1.165) is 5.75 Å². The molecule has 0 spiro atoms. The Labute approximate surface area is 124 Å². The molecule has 72 valence electrons. The molecule has 0 aromatic carbocycles. The Morgan fingerprint density at radius 1 is 1.46 bits per heavy atom. The quantitative estimate of drug-likeness (QED) is 0.556. The summed E-state index contributed by atoms with van der Waals surface area (Å²) in [7, 11) is 0. The molecule has 1 aliphatic rings. The van der Waals surface area contributed by atoms with Gasteiger partial charge in [-0.05, 0) is 6.44 Å². The SMILES string of the molecule is CC1CN(C[B-](F)(F)F)CCS1.[K+]. The molecule has 0 saturated carbocycles. The smallest absolute Gasteiger partial charge is 0.448 e. The van der Waals surface area contributed by atoms with E-state index in [9.17, 15) is 12.9 Å². The van der Waals surface area contributed by atoms with Gasteiger partial charge in [-0.1, -0.05) is 6.92 Å². The second-order valence-corrected chi connectivity index (χ2v) is 4.70. The minimum atomic E-state index is -4.63. The predicted molar refractivity (Wildman–Crippen MR) is 47.4 cm³/mol. The van der Waals surface area contributed by atoms with Gasteiger partial charge in [-0.15, -0.1) is 0 Å². The fourth-order valence-electron chi connectivity index (χ4n) is 1.35. The molecular weight excluding hydrogens is 225 g/mol. The van der Waals surface area contributed by atoms with E-state index in [1.165, 1.54) is 4.90 Å². The fraction of sp³-hybridized carbons (Fsp3) is 1.00. The van der Waals surface area contributed by atoms with E-state index < -0.39 is 13.4 Å². The van der Waals surface area contributed by atoms with Crippen LogP contribution in [0.5, 0.6) is 0 Å². The number of halogens is 3. The van der Waals surface area contributed by atoms with Crippen molar-refractivity contribution < 1.29 is 64.3 Å². The second-order valence-electron chi connectivity index (χ2n) is 3.15. The summed E-state index contributed by atoms with van der Waals surface area (Å²) in [5.41, 5.74) is 0. The van der Waals surface area contributed by atoms with E-state index in [2.05, 4.69) is 0 Å². The van der Waals surface area contributed by atoms with Crippen LogP contribution in [0, 0.1) is 0 Å². The van der Waals surface area contributed by atoms with E-state index >= 15 is 0 Å². The van der Waals surface area contributed by atoms with Gasteiger partial charge >= 0.3 is 58.4 Å². The van der Waals surface area contributed by atoms with Gasteiger partial charge in [0.05, 0.1) is 0 Å². The first-order chi connectivity index (χ1) is 5.47. The van der Waals surface area contributed by atoms with Gasteiger partial charge in [-0.3, -0.25) is 0 Å². The summed E-state index contributed by atoms with van der Waals surface area (Å²) in [5, 5.41) is 0.344. The van der Waals surface area contributed by atoms with E-state index in [1.54, 1.807) is 11.8 Å². The Kier molecular flexibility index (Phi) is 7.28. The minimum absolute atomic E-state index is 0. The van der Waals surface area contributed by atoms with Gasteiger partial charge in [0.25, 0.3) is 0 Å². The maximum absolute atomic E-state index is 12.0. The van der Waals surface area contributed by atoms with Crippen LogP contribution in [0.4, 0.5) is 12.9 Å². The van der Waals surface area contributed by atoms with E-state index in [-0.39, 0.29) is 51.4 Å². The van der Waals surface area contributed by atoms with Gasteiger partial charge in [0.15, 0.2) is 0 Å². The van der Waals surface area contributed by atoms with Crippen LogP contribution in [-0.4, -0.2) is 42.4 Å². The third kappa shape index (κ3) is 6.81. The largest absolute Gasteiger partial charge is 1.00 e. The topological polar surface area (TPSA) is 3.24 Å². The molecular formula is C6H12BF3KNS. The summed E-state index contributed by atoms with van der Waals surface area (Å²) in [4.78, 5) is 1.50. The Hall–Kier alpha value is 1.80. The van der Waals surface area contributed by atoms with Crippen LogP contribution in [0.1, 0.15) is 6.92 Å². The van der Waals surface area contributed by atoms with Crippen molar-refractivity contribution in [2.45, 2.75) is 12.2 Å². The third-order valence-electron chi connectivity index (χ3n) is 1.79. The predicted octanol–water partition coefficient (Wildman–Crippen LogP) is -1.19. The first-order valence-corrected chi connectivity index (χ1v) is 5.07. The van der Waals surface area contributed by atoms with E-state index in [4.69, 9.17) is 0 Å². The molecule has 1 fully saturated rings. The van der Waals surface area contributed by atoms with Crippen molar-refractivity contribution >= 4 is 18.7 Å². The first kappa shape index (κ1) is 14.8. The van der Waals surface area contributed by atoms with Crippen molar-refractivity contribution in [2.24, 2.45) is 0 Å². The molecule has 1 unspecified atom stereocenters. The Morgan fingerprint density at radius 3 is 2.54 bits per heavy atom. The van der Waals surface area contributed by atoms with Crippen LogP contribution < -0.4 is 51.4 Å². The zero-order chi connectivity index (χ0) is 9.19. The molecule has 13 heavy (non-hydrogen) atoms. The van der Waals surface area contributed by atoms with Gasteiger partial charge in [0.1, 0.15) is 0 Å². The maximum Gasteiger partial charge on any atom is 1.00 e. The van der Waals surface area contributed by atoms with Crippen molar-refractivity contribution in [2.75, 3.05) is 25.3 Å². The van der Waals surface area contributed by atoms with Crippen molar-refractivity contribution in [3.8, 4) is 0 Å². The van der Waals surface area contributed by atoms with Crippen LogP contribution in [0.2, 0.25) is 0 Å². The number of thioether (sulfide) groups is 1. The van der Waals surface area contributed by atoms with Gasteiger partial charge in [-0.2, -0.15) is 11.8 Å². The first-order valence-electron chi connectivity index (χ1n) is 4.02. The molecule has 0 aromatic rings. The van der Waals surface area contributed by atoms with Gasteiger partial charge in [0.2, 0.25) is 0 Å². The molecule has 1 atom stereocenters. The summed E-state index contributed by atoms with van der Waals surface area (Å²) < 4.78 is 35.9. The van der Waals surface area contributed by atoms with Crippen LogP contribution in [0.15, 0.2) is 0 Å². The standard InChI is InChI=1S/C6H12BF3NS.K/c1-6-4-11(2-3-12-6)5-7(8,9)10;/h6H,2-5H2,1H3;/q-1;+1. The zero-order valence-electron chi connectivity index (χ0n) is 7.97. The molecule has 0 aliphatic carbocycles. The average molecular weight is 237 g/mol. The minimum Gasteiger partial charge on any atom is -0.448 e. The zero-order valence-corrected chi connectivity index (χ0v) is 11.9.